The second-order valence-electron chi connectivity index (χ2n) is 10.1. The number of nitrogens with zero attached hydrogens (tertiary/aromatic N) is 2. The third-order valence-electron chi connectivity index (χ3n) is 6.94. The molecule has 35 heavy (non-hydrogen) atoms. The minimum Gasteiger partial charge on any atom is -0.493 e. The monoisotopic (exact) mass is 506 g/mol. The van der Waals surface area contributed by atoms with E-state index in [1.165, 1.54) is 19.2 Å². The van der Waals surface area contributed by atoms with Gasteiger partial charge in [0.25, 0.3) is 0 Å². The Hall–Kier alpha value is -2.35. The fourth-order valence-electron chi connectivity index (χ4n) is 4.67. The number of halogens is 2. The molecule has 0 saturated carbocycles. The van der Waals surface area contributed by atoms with Crippen molar-refractivity contribution in [2.45, 2.75) is 38.7 Å². The van der Waals surface area contributed by atoms with Crippen molar-refractivity contribution in [1.29, 1.82) is 0 Å². The third-order valence-corrected chi connectivity index (χ3v) is 7.25. The van der Waals surface area contributed by atoms with Gasteiger partial charge in [0.05, 0.1) is 30.0 Å². The molecule has 1 aliphatic heterocycles. The summed E-state index contributed by atoms with van der Waals surface area (Å²) in [5.74, 6) is -0.324. The van der Waals surface area contributed by atoms with Crippen LogP contribution >= 0.6 is 11.6 Å². The average Bonchev–Trinajstić information content (AvgIpc) is 2.80. The lowest BCUT2D eigenvalue weighted by Gasteiger charge is -2.50. The van der Waals surface area contributed by atoms with Gasteiger partial charge in [0, 0.05) is 51.6 Å². The molecule has 1 atom stereocenters. The van der Waals surface area contributed by atoms with Crippen LogP contribution in [0.4, 0.5) is 10.1 Å². The highest BCUT2D eigenvalue weighted by molar-refractivity contribution is 6.33. The van der Waals surface area contributed by atoms with Crippen molar-refractivity contribution in [3.63, 3.8) is 0 Å². The molecule has 2 aromatic carbocycles. The molecule has 1 N–H and O–H groups in total. The van der Waals surface area contributed by atoms with Gasteiger partial charge in [0.15, 0.2) is 0 Å². The molecule has 1 unspecified atom stereocenters. The number of rotatable bonds is 9. The first-order chi connectivity index (χ1) is 16.5. The minimum atomic E-state index is -0.862. The fraction of sp³-hybridized carbons (Fsp3) is 0.519. The molecule has 192 valence electrons. The summed E-state index contributed by atoms with van der Waals surface area (Å²) in [6, 6.07) is 9.70. The van der Waals surface area contributed by atoms with Crippen LogP contribution in [0, 0.1) is 11.2 Å². The third kappa shape index (κ3) is 6.46. The molecule has 0 aromatic heterocycles. The average molecular weight is 507 g/mol. The highest BCUT2D eigenvalue weighted by Crippen LogP contribution is 2.41. The Labute approximate surface area is 212 Å². The molecule has 1 aliphatic rings. The van der Waals surface area contributed by atoms with Crippen molar-refractivity contribution in [3.8, 4) is 5.75 Å². The van der Waals surface area contributed by atoms with Gasteiger partial charge in [0.2, 0.25) is 0 Å². The number of methoxy groups -OCH3 is 1. The number of benzene rings is 2. The van der Waals surface area contributed by atoms with Gasteiger partial charge in [-0.05, 0) is 36.6 Å². The lowest BCUT2D eigenvalue weighted by Crippen LogP contribution is -2.58. The molecule has 8 heteroatoms. The number of carbonyl (C=O) groups excluding carboxylic acids is 1. The summed E-state index contributed by atoms with van der Waals surface area (Å²) in [6.07, 6.45) is 1.89. The highest BCUT2D eigenvalue weighted by Gasteiger charge is 2.47. The number of hydrogen-bond donors (Lipinski definition) is 1. The summed E-state index contributed by atoms with van der Waals surface area (Å²) in [7, 11) is 5.08. The van der Waals surface area contributed by atoms with Gasteiger partial charge < -0.3 is 24.4 Å². The molecule has 1 heterocycles. The van der Waals surface area contributed by atoms with E-state index < -0.39 is 11.6 Å². The number of esters is 1. The van der Waals surface area contributed by atoms with Crippen LogP contribution in [-0.4, -0.2) is 69.0 Å². The summed E-state index contributed by atoms with van der Waals surface area (Å²) in [5.41, 5.74) is 0.792. The van der Waals surface area contributed by atoms with Gasteiger partial charge in [-0.1, -0.05) is 37.6 Å². The lowest BCUT2D eigenvalue weighted by molar-refractivity contribution is -0.118. The maximum absolute atomic E-state index is 13.3. The zero-order valence-corrected chi connectivity index (χ0v) is 22.0. The summed E-state index contributed by atoms with van der Waals surface area (Å²) < 4.78 is 24.1. The molecule has 2 aromatic rings. The lowest BCUT2D eigenvalue weighted by atomic mass is 9.67. The summed E-state index contributed by atoms with van der Waals surface area (Å²) >= 11 is 6.32. The molecule has 1 saturated heterocycles. The van der Waals surface area contributed by atoms with Crippen molar-refractivity contribution >= 4 is 23.3 Å². The molecule has 0 aliphatic carbocycles. The summed E-state index contributed by atoms with van der Waals surface area (Å²) in [6.45, 7) is 6.90. The molecule has 6 nitrogen and oxygen atoms in total. The Balaban J connectivity index is 1.58. The van der Waals surface area contributed by atoms with E-state index in [-0.39, 0.29) is 11.2 Å². The zero-order chi connectivity index (χ0) is 25.8. The normalized spacial score (nSPS) is 19.9. The Morgan fingerprint density at radius 3 is 2.51 bits per heavy atom. The first kappa shape index (κ1) is 27.2. The highest BCUT2D eigenvalue weighted by atomic mass is 35.5. The van der Waals surface area contributed by atoms with E-state index in [1.807, 2.05) is 19.0 Å². The Morgan fingerprint density at radius 1 is 1.23 bits per heavy atom. The van der Waals surface area contributed by atoms with Crippen molar-refractivity contribution < 1.29 is 23.8 Å². The van der Waals surface area contributed by atoms with Crippen molar-refractivity contribution in [2.75, 3.05) is 52.3 Å². The smallest absolute Gasteiger partial charge is 0.341 e. The van der Waals surface area contributed by atoms with Gasteiger partial charge in [-0.3, -0.25) is 0 Å². The Morgan fingerprint density at radius 2 is 1.91 bits per heavy atom. The van der Waals surface area contributed by atoms with Crippen LogP contribution in [0.25, 0.3) is 0 Å². The van der Waals surface area contributed by atoms with E-state index >= 15 is 0 Å². The van der Waals surface area contributed by atoms with E-state index in [9.17, 15) is 14.3 Å². The zero-order valence-electron chi connectivity index (χ0n) is 21.2. The van der Waals surface area contributed by atoms with Gasteiger partial charge in [0.1, 0.15) is 17.1 Å². The number of anilines is 1. The minimum absolute atomic E-state index is 0.271. The molecule has 0 bridgehead atoms. The predicted molar refractivity (Wildman–Crippen MR) is 137 cm³/mol. The van der Waals surface area contributed by atoms with Crippen LogP contribution < -0.4 is 9.64 Å². The first-order valence-corrected chi connectivity index (χ1v) is 12.2. The largest absolute Gasteiger partial charge is 0.493 e. The number of carbonyl (C=O) groups is 1. The SMILES string of the molecule is COC(=O)c1cc(Cl)c(N(C)C)cc1OCCCN1CCC(O)(Cc2ccc(F)cc2)C(C)(C)C1. The van der Waals surface area contributed by atoms with Crippen LogP contribution in [0.1, 0.15) is 42.6 Å². The number of hydrogen-bond acceptors (Lipinski definition) is 6. The quantitative estimate of drug-likeness (QED) is 0.389. The molecular formula is C27H36ClFN2O4. The summed E-state index contributed by atoms with van der Waals surface area (Å²) in [5, 5.41) is 11.9. The van der Waals surface area contributed by atoms with E-state index in [0.717, 1.165) is 37.3 Å². The maximum Gasteiger partial charge on any atom is 0.341 e. The van der Waals surface area contributed by atoms with Crippen molar-refractivity contribution in [3.05, 3.63) is 58.4 Å². The molecular weight excluding hydrogens is 471 g/mol. The van der Waals surface area contributed by atoms with Gasteiger partial charge in [-0.2, -0.15) is 0 Å². The number of likely N-dealkylation sites (tertiary alicyclic amines) is 1. The van der Waals surface area contributed by atoms with E-state index in [2.05, 4.69) is 18.7 Å². The molecule has 1 fully saturated rings. The fourth-order valence-corrected chi connectivity index (χ4v) is 5.00. The predicted octanol–water partition coefficient (Wildman–Crippen LogP) is 4.81. The van der Waals surface area contributed by atoms with Crippen LogP contribution in [-0.2, 0) is 11.2 Å². The molecule has 0 spiro atoms. The van der Waals surface area contributed by atoms with Crippen LogP contribution in [0.5, 0.6) is 5.75 Å². The van der Waals surface area contributed by atoms with Crippen LogP contribution in [0.2, 0.25) is 5.02 Å². The molecule has 0 amide bonds. The van der Waals surface area contributed by atoms with Crippen molar-refractivity contribution in [2.24, 2.45) is 5.41 Å². The Kier molecular flexibility index (Phi) is 8.67. The first-order valence-electron chi connectivity index (χ1n) is 11.9. The second kappa shape index (κ2) is 11.1. The maximum atomic E-state index is 13.3. The summed E-state index contributed by atoms with van der Waals surface area (Å²) in [4.78, 5) is 16.4. The number of ether oxygens (including phenoxy) is 2. The number of aliphatic hydroxyl groups is 1. The van der Waals surface area contributed by atoms with Crippen LogP contribution in [0.15, 0.2) is 36.4 Å². The van der Waals surface area contributed by atoms with E-state index in [4.69, 9.17) is 21.1 Å². The Bertz CT molecular complexity index is 1030. The number of piperidine rings is 1. The molecule has 3 rings (SSSR count). The van der Waals surface area contributed by atoms with Crippen molar-refractivity contribution in [1.82, 2.24) is 4.90 Å². The van der Waals surface area contributed by atoms with Gasteiger partial charge in [-0.25, -0.2) is 9.18 Å². The second-order valence-corrected chi connectivity index (χ2v) is 10.5. The topological polar surface area (TPSA) is 62.2 Å². The van der Waals surface area contributed by atoms with Gasteiger partial charge >= 0.3 is 5.97 Å². The van der Waals surface area contributed by atoms with E-state index in [0.29, 0.717) is 35.8 Å². The standard InChI is InChI=1S/C27H36ClFN2O4/c1-26(2)18-31(13-11-27(26,33)17-19-7-9-20(29)10-8-19)12-6-14-35-24-16-23(30(3)4)22(28)15-21(24)25(32)34-5/h7-10,15-16,33H,6,11-14,17-18H2,1-5H3. The van der Waals surface area contributed by atoms with E-state index in [1.54, 1.807) is 24.3 Å². The van der Waals surface area contributed by atoms with Gasteiger partial charge in [-0.15, -0.1) is 0 Å². The van der Waals surface area contributed by atoms with Crippen LogP contribution in [0.3, 0.4) is 0 Å². The molecule has 0 radical (unpaired) electrons.